The number of piperazine rings is 1. The predicted octanol–water partition coefficient (Wildman–Crippen LogP) is 4.56. The molecule has 4 aromatic rings. The van der Waals surface area contributed by atoms with Crippen molar-refractivity contribution < 1.29 is 9.84 Å². The molecule has 0 unspecified atom stereocenters. The first-order chi connectivity index (χ1) is 18.9. The van der Waals surface area contributed by atoms with Crippen molar-refractivity contribution in [2.75, 3.05) is 36.5 Å². The fourth-order valence-corrected chi connectivity index (χ4v) is 6.76. The van der Waals surface area contributed by atoms with Crippen LogP contribution >= 0.6 is 11.3 Å². The molecule has 3 saturated heterocycles. The largest absolute Gasteiger partial charge is 0.386 e. The van der Waals surface area contributed by atoms with E-state index in [-0.39, 0.29) is 0 Å². The van der Waals surface area contributed by atoms with Gasteiger partial charge in [-0.2, -0.15) is 4.98 Å². The van der Waals surface area contributed by atoms with Crippen LogP contribution < -0.4 is 15.5 Å². The molecule has 0 amide bonds. The second-order valence-electron chi connectivity index (χ2n) is 11.3. The Hall–Kier alpha value is -3.18. The number of rotatable bonds is 6. The van der Waals surface area contributed by atoms with Crippen LogP contribution in [0.3, 0.4) is 0 Å². The van der Waals surface area contributed by atoms with Crippen molar-refractivity contribution in [1.29, 1.82) is 0 Å². The summed E-state index contributed by atoms with van der Waals surface area (Å²) in [6.45, 7) is 7.07. The minimum atomic E-state index is -0.906. The molecule has 2 atom stereocenters. The van der Waals surface area contributed by atoms with Gasteiger partial charge in [-0.25, -0.2) is 15.0 Å². The van der Waals surface area contributed by atoms with E-state index in [2.05, 4.69) is 26.6 Å². The van der Waals surface area contributed by atoms with Crippen LogP contribution in [-0.4, -0.2) is 63.4 Å². The van der Waals surface area contributed by atoms with E-state index in [9.17, 15) is 5.11 Å². The summed E-state index contributed by atoms with van der Waals surface area (Å²) in [5.74, 6) is 2.64. The van der Waals surface area contributed by atoms with Gasteiger partial charge in [-0.3, -0.25) is 0 Å². The first-order valence-electron chi connectivity index (χ1n) is 13.7. The lowest BCUT2D eigenvalue weighted by molar-refractivity contribution is 0.0786. The molecule has 1 aromatic carbocycles. The van der Waals surface area contributed by atoms with Crippen molar-refractivity contribution in [3.8, 4) is 10.6 Å². The Kier molecular flexibility index (Phi) is 6.23. The average Bonchev–Trinajstić information content (AvgIpc) is 3.69. The molecule has 202 valence electrons. The minimum absolute atomic E-state index is 0.371. The maximum Gasteiger partial charge on any atom is 0.227 e. The summed E-state index contributed by atoms with van der Waals surface area (Å²) < 4.78 is 6.62. The second-order valence-corrected chi connectivity index (χ2v) is 12.4. The SMILES string of the molecule is CC(C)(O)c1cccc(-c2nc3cc(Nc4cc(C5CCOCC5)nc(N5C[C@@H]6C[C@H]5CN6)n4)ncc3s2)c1. The van der Waals surface area contributed by atoms with Crippen LogP contribution in [0.2, 0.25) is 0 Å². The summed E-state index contributed by atoms with van der Waals surface area (Å²) in [5.41, 5.74) is 2.90. The molecule has 10 heteroatoms. The lowest BCUT2D eigenvalue weighted by Gasteiger charge is -2.29. The molecule has 39 heavy (non-hydrogen) atoms. The Morgan fingerprint density at radius 3 is 2.74 bits per heavy atom. The zero-order valence-corrected chi connectivity index (χ0v) is 23.0. The van der Waals surface area contributed by atoms with Crippen molar-refractivity contribution in [3.63, 3.8) is 0 Å². The second kappa shape index (κ2) is 9.78. The van der Waals surface area contributed by atoms with Gasteiger partial charge in [0.25, 0.3) is 0 Å². The Bertz CT molecular complexity index is 1510. The zero-order valence-electron chi connectivity index (χ0n) is 22.2. The van der Waals surface area contributed by atoms with Crippen LogP contribution in [-0.2, 0) is 10.3 Å². The van der Waals surface area contributed by atoms with Crippen LogP contribution in [0.5, 0.6) is 0 Å². The molecule has 3 aliphatic heterocycles. The van der Waals surface area contributed by atoms with Crippen molar-refractivity contribution in [3.05, 3.63) is 53.9 Å². The quantitative estimate of drug-likeness (QED) is 0.322. The fraction of sp³-hybridized carbons (Fsp3) is 0.448. The Balaban J connectivity index is 1.19. The van der Waals surface area contributed by atoms with Gasteiger partial charge in [0.1, 0.15) is 16.6 Å². The number of nitrogens with one attached hydrogen (secondary N) is 2. The number of fused-ring (bicyclic) bond motifs is 3. The molecule has 0 aliphatic carbocycles. The summed E-state index contributed by atoms with van der Waals surface area (Å²) in [6, 6.07) is 13.0. The average molecular weight is 544 g/mol. The Morgan fingerprint density at radius 1 is 1.10 bits per heavy atom. The smallest absolute Gasteiger partial charge is 0.227 e. The fourth-order valence-electron chi connectivity index (χ4n) is 5.84. The maximum atomic E-state index is 10.4. The number of hydrogen-bond donors (Lipinski definition) is 3. The summed E-state index contributed by atoms with van der Waals surface area (Å²) in [5, 5.41) is 18.4. The molecule has 2 bridgehead atoms. The Labute approximate surface area is 231 Å². The molecule has 3 fully saturated rings. The van der Waals surface area contributed by atoms with Gasteiger partial charge in [-0.15, -0.1) is 11.3 Å². The number of nitrogens with zero attached hydrogens (tertiary/aromatic N) is 5. The zero-order chi connectivity index (χ0) is 26.6. The lowest BCUT2D eigenvalue weighted by Crippen LogP contribution is -2.44. The molecule has 0 saturated carbocycles. The van der Waals surface area contributed by atoms with Gasteiger partial charge < -0.3 is 25.4 Å². The Morgan fingerprint density at radius 2 is 1.97 bits per heavy atom. The molecule has 0 radical (unpaired) electrons. The summed E-state index contributed by atoms with van der Waals surface area (Å²) in [4.78, 5) is 22.0. The minimum Gasteiger partial charge on any atom is -0.386 e. The molecule has 6 heterocycles. The number of aliphatic hydroxyl groups is 1. The molecule has 3 aromatic heterocycles. The topological polar surface area (TPSA) is 108 Å². The summed E-state index contributed by atoms with van der Waals surface area (Å²) in [7, 11) is 0. The molecule has 3 aliphatic rings. The highest BCUT2D eigenvalue weighted by Gasteiger charge is 2.39. The lowest BCUT2D eigenvalue weighted by atomic mass is 9.96. The number of aromatic nitrogens is 4. The highest BCUT2D eigenvalue weighted by Crippen LogP contribution is 2.35. The number of hydrogen-bond acceptors (Lipinski definition) is 10. The predicted molar refractivity (Wildman–Crippen MR) is 154 cm³/mol. The van der Waals surface area contributed by atoms with Gasteiger partial charge in [0, 0.05) is 68.2 Å². The van der Waals surface area contributed by atoms with Crippen LogP contribution in [0, 0.1) is 0 Å². The van der Waals surface area contributed by atoms with Gasteiger partial charge in [0.05, 0.1) is 21.5 Å². The molecular weight excluding hydrogens is 510 g/mol. The monoisotopic (exact) mass is 543 g/mol. The first-order valence-corrected chi connectivity index (χ1v) is 14.5. The summed E-state index contributed by atoms with van der Waals surface area (Å²) >= 11 is 1.60. The first kappa shape index (κ1) is 24.8. The van der Waals surface area contributed by atoms with E-state index in [0.717, 1.165) is 89.4 Å². The van der Waals surface area contributed by atoms with Gasteiger partial charge in [-0.1, -0.05) is 18.2 Å². The van der Waals surface area contributed by atoms with E-state index in [1.165, 1.54) is 0 Å². The van der Waals surface area contributed by atoms with E-state index in [1.807, 2.05) is 36.5 Å². The van der Waals surface area contributed by atoms with Gasteiger partial charge in [-0.05, 0) is 44.7 Å². The highest BCUT2D eigenvalue weighted by atomic mass is 32.1. The summed E-state index contributed by atoms with van der Waals surface area (Å²) in [6.07, 6.45) is 4.97. The molecule has 0 spiro atoms. The van der Waals surface area contributed by atoms with Gasteiger partial charge in [0.15, 0.2) is 0 Å². The van der Waals surface area contributed by atoms with Crippen molar-refractivity contribution in [1.82, 2.24) is 25.3 Å². The number of thiazole rings is 1. The highest BCUT2D eigenvalue weighted by molar-refractivity contribution is 7.21. The van der Waals surface area contributed by atoms with E-state index >= 15 is 0 Å². The molecule has 7 rings (SSSR count). The number of ether oxygens (including phenoxy) is 1. The van der Waals surface area contributed by atoms with Crippen molar-refractivity contribution in [2.24, 2.45) is 0 Å². The third-order valence-electron chi connectivity index (χ3n) is 8.03. The van der Waals surface area contributed by atoms with E-state index < -0.39 is 5.60 Å². The van der Waals surface area contributed by atoms with Crippen LogP contribution in [0.4, 0.5) is 17.6 Å². The standard InChI is InChI=1S/C29H33N7O2S/c1-29(2,37)19-5-3-4-18(10-19)27-32-23-13-25(31-15-24(23)39-27)34-26-12-22(17-6-8-38-9-7-17)33-28(35-26)36-16-20-11-21(36)14-30-20/h3-5,10,12-13,15,17,20-21,30,37H,6-9,11,14,16H2,1-2H3,(H,31,33,34,35)/t20-,21-/m0/s1. The molecular formula is C29H33N7O2S. The van der Waals surface area contributed by atoms with Crippen LogP contribution in [0.25, 0.3) is 20.8 Å². The third-order valence-corrected chi connectivity index (χ3v) is 9.09. The van der Waals surface area contributed by atoms with E-state index in [0.29, 0.717) is 23.8 Å². The molecule has 3 N–H and O–H groups in total. The van der Waals surface area contributed by atoms with E-state index in [4.69, 9.17) is 19.7 Å². The number of benzene rings is 1. The third kappa shape index (κ3) is 4.98. The van der Waals surface area contributed by atoms with Crippen LogP contribution in [0.15, 0.2) is 42.6 Å². The van der Waals surface area contributed by atoms with Crippen LogP contribution in [0.1, 0.15) is 50.3 Å². The number of pyridine rings is 1. The van der Waals surface area contributed by atoms with Crippen molar-refractivity contribution in [2.45, 2.75) is 56.7 Å². The normalized spacial score (nSPS) is 21.7. The van der Waals surface area contributed by atoms with Gasteiger partial charge >= 0.3 is 0 Å². The van der Waals surface area contributed by atoms with Gasteiger partial charge in [0.2, 0.25) is 5.95 Å². The van der Waals surface area contributed by atoms with Crippen molar-refractivity contribution >= 4 is 39.1 Å². The van der Waals surface area contributed by atoms with E-state index in [1.54, 1.807) is 25.2 Å². The molecule has 9 nitrogen and oxygen atoms in total. The maximum absolute atomic E-state index is 10.4. The number of anilines is 3.